The summed E-state index contributed by atoms with van der Waals surface area (Å²) < 4.78 is 6.66. The first-order valence-corrected chi connectivity index (χ1v) is 8.45. The topological polar surface area (TPSA) is 122 Å². The molecular formula is C18H17N7O3. The van der Waals surface area contributed by atoms with Crippen LogP contribution in [0.2, 0.25) is 0 Å². The van der Waals surface area contributed by atoms with Gasteiger partial charge in [0.15, 0.2) is 17.3 Å². The van der Waals surface area contributed by atoms with Crippen molar-refractivity contribution in [3.8, 4) is 11.6 Å². The molecule has 3 aromatic heterocycles. The van der Waals surface area contributed by atoms with E-state index in [1.807, 2.05) is 6.07 Å². The van der Waals surface area contributed by atoms with E-state index >= 15 is 0 Å². The minimum Gasteiger partial charge on any atom is -0.461 e. The molecule has 0 unspecified atom stereocenters. The first-order valence-electron chi connectivity index (χ1n) is 8.45. The molecule has 142 valence electrons. The third kappa shape index (κ3) is 3.47. The third-order valence-corrected chi connectivity index (χ3v) is 4.06. The molecule has 4 aromatic rings. The third-order valence-electron chi connectivity index (χ3n) is 4.06. The van der Waals surface area contributed by atoms with E-state index in [-0.39, 0.29) is 18.1 Å². The quantitative estimate of drug-likeness (QED) is 0.545. The summed E-state index contributed by atoms with van der Waals surface area (Å²) in [6, 6.07) is 8.90. The second kappa shape index (κ2) is 6.99. The van der Waals surface area contributed by atoms with Crippen LogP contribution in [-0.4, -0.2) is 55.8 Å². The van der Waals surface area contributed by atoms with Crippen LogP contribution in [0.4, 0.5) is 5.69 Å². The summed E-state index contributed by atoms with van der Waals surface area (Å²) in [5, 5.41) is 10.4. The van der Waals surface area contributed by atoms with Crippen molar-refractivity contribution in [1.82, 2.24) is 29.9 Å². The molecule has 2 amide bonds. The molecule has 0 spiro atoms. The van der Waals surface area contributed by atoms with Crippen molar-refractivity contribution in [2.45, 2.75) is 6.54 Å². The summed E-state index contributed by atoms with van der Waals surface area (Å²) in [5.41, 5.74) is 2.19. The van der Waals surface area contributed by atoms with Crippen LogP contribution >= 0.6 is 0 Å². The number of furan rings is 1. The van der Waals surface area contributed by atoms with E-state index in [1.54, 1.807) is 44.6 Å². The monoisotopic (exact) mass is 379 g/mol. The van der Waals surface area contributed by atoms with Gasteiger partial charge in [0, 0.05) is 19.8 Å². The van der Waals surface area contributed by atoms with Crippen LogP contribution in [0.1, 0.15) is 10.5 Å². The van der Waals surface area contributed by atoms with Crippen molar-refractivity contribution in [2.75, 3.05) is 19.4 Å². The van der Waals surface area contributed by atoms with E-state index in [2.05, 4.69) is 25.6 Å². The summed E-state index contributed by atoms with van der Waals surface area (Å²) in [4.78, 5) is 33.2. The molecule has 0 bridgehead atoms. The van der Waals surface area contributed by atoms with Crippen molar-refractivity contribution in [1.29, 1.82) is 0 Å². The van der Waals surface area contributed by atoms with Gasteiger partial charge in [-0.15, -0.1) is 5.10 Å². The van der Waals surface area contributed by atoms with Gasteiger partial charge < -0.3 is 19.6 Å². The van der Waals surface area contributed by atoms with E-state index in [4.69, 9.17) is 4.42 Å². The van der Waals surface area contributed by atoms with E-state index in [1.165, 1.54) is 15.8 Å². The molecule has 0 fully saturated rings. The number of rotatable bonds is 5. The first kappa shape index (κ1) is 17.5. The molecule has 0 atom stereocenters. The van der Waals surface area contributed by atoms with E-state index in [0.29, 0.717) is 17.3 Å². The Hall–Kier alpha value is -3.95. The number of aromatic nitrogens is 5. The highest BCUT2D eigenvalue weighted by Crippen LogP contribution is 2.23. The maximum Gasteiger partial charge on any atom is 0.277 e. The number of carbonyl (C=O) groups is 2. The van der Waals surface area contributed by atoms with Gasteiger partial charge in [0.05, 0.1) is 23.5 Å². The fraction of sp³-hybridized carbons (Fsp3) is 0.167. The molecule has 3 heterocycles. The Morgan fingerprint density at radius 3 is 2.89 bits per heavy atom. The minimum atomic E-state index is -0.423. The average molecular weight is 379 g/mol. The van der Waals surface area contributed by atoms with Crippen molar-refractivity contribution in [3.63, 3.8) is 0 Å². The van der Waals surface area contributed by atoms with Gasteiger partial charge in [-0.25, -0.2) is 9.67 Å². The van der Waals surface area contributed by atoms with Gasteiger partial charge in [0.2, 0.25) is 5.91 Å². The second-order valence-corrected chi connectivity index (χ2v) is 6.34. The van der Waals surface area contributed by atoms with E-state index in [0.717, 1.165) is 11.0 Å². The van der Waals surface area contributed by atoms with Crippen molar-refractivity contribution in [2.24, 2.45) is 0 Å². The normalized spacial score (nSPS) is 10.9. The summed E-state index contributed by atoms with van der Waals surface area (Å²) in [7, 11) is 3.30. The number of H-pyrrole nitrogens is 1. The lowest BCUT2D eigenvalue weighted by atomic mass is 10.2. The van der Waals surface area contributed by atoms with Gasteiger partial charge in [-0.05, 0) is 30.3 Å². The fourth-order valence-electron chi connectivity index (χ4n) is 2.57. The molecule has 0 radical (unpaired) electrons. The Morgan fingerprint density at radius 2 is 2.14 bits per heavy atom. The lowest BCUT2D eigenvalue weighted by molar-refractivity contribution is -0.129. The summed E-state index contributed by atoms with van der Waals surface area (Å²) in [6.07, 6.45) is 3.01. The highest BCUT2D eigenvalue weighted by Gasteiger charge is 2.14. The molecule has 28 heavy (non-hydrogen) atoms. The summed E-state index contributed by atoms with van der Waals surface area (Å²) >= 11 is 0. The molecular weight excluding hydrogens is 362 g/mol. The number of likely N-dealkylation sites (N-methyl/N-ethyl adjacent to an activating group) is 1. The number of carbonyl (C=O) groups excluding carboxylic acids is 2. The lowest BCUT2D eigenvalue weighted by Crippen LogP contribution is -2.26. The predicted octanol–water partition coefficient (Wildman–Crippen LogP) is 1.75. The molecule has 0 saturated carbocycles. The number of fused-ring (bicyclic) bond motifs is 1. The highest BCUT2D eigenvalue weighted by atomic mass is 16.3. The van der Waals surface area contributed by atoms with Gasteiger partial charge in [0.1, 0.15) is 6.54 Å². The van der Waals surface area contributed by atoms with Crippen molar-refractivity contribution < 1.29 is 14.0 Å². The molecule has 10 nitrogen and oxygen atoms in total. The van der Waals surface area contributed by atoms with Crippen LogP contribution in [0, 0.1) is 0 Å². The second-order valence-electron chi connectivity index (χ2n) is 6.34. The Kier molecular flexibility index (Phi) is 4.36. The van der Waals surface area contributed by atoms with Crippen molar-refractivity contribution >= 4 is 28.5 Å². The molecule has 0 aliphatic carbocycles. The van der Waals surface area contributed by atoms with Gasteiger partial charge in [-0.1, -0.05) is 5.21 Å². The molecule has 0 saturated heterocycles. The highest BCUT2D eigenvalue weighted by molar-refractivity contribution is 6.03. The molecule has 2 N–H and O–H groups in total. The Morgan fingerprint density at radius 1 is 1.29 bits per heavy atom. The first-order chi connectivity index (χ1) is 13.5. The number of benzene rings is 1. The summed E-state index contributed by atoms with van der Waals surface area (Å²) in [5.74, 6) is 0.672. The van der Waals surface area contributed by atoms with Crippen LogP contribution in [0.25, 0.3) is 22.6 Å². The van der Waals surface area contributed by atoms with Gasteiger partial charge in [-0.3, -0.25) is 9.59 Å². The Balaban J connectivity index is 1.49. The molecule has 4 rings (SSSR count). The Labute approximate surface area is 159 Å². The number of anilines is 1. The zero-order valence-electron chi connectivity index (χ0n) is 15.2. The van der Waals surface area contributed by atoms with Crippen LogP contribution in [0.3, 0.4) is 0 Å². The van der Waals surface area contributed by atoms with Gasteiger partial charge in [-0.2, -0.15) is 0 Å². The Bertz CT molecular complexity index is 1140. The maximum absolute atomic E-state index is 12.4. The molecule has 0 aliphatic heterocycles. The van der Waals surface area contributed by atoms with Gasteiger partial charge >= 0.3 is 0 Å². The largest absolute Gasteiger partial charge is 0.461 e. The number of hydrogen-bond donors (Lipinski definition) is 2. The summed E-state index contributed by atoms with van der Waals surface area (Å²) in [6.45, 7) is 0.0168. The number of imidazole rings is 1. The average Bonchev–Trinajstić information content (AvgIpc) is 3.41. The van der Waals surface area contributed by atoms with E-state index < -0.39 is 5.91 Å². The van der Waals surface area contributed by atoms with Gasteiger partial charge in [0.25, 0.3) is 5.91 Å². The van der Waals surface area contributed by atoms with Crippen LogP contribution in [0.15, 0.2) is 47.2 Å². The smallest absolute Gasteiger partial charge is 0.277 e. The SMILES string of the molecule is CN(C)C(=O)Cn1cc(C(=O)Nc2ccc3nc(-c4ccco4)[nH]c3c2)nn1. The van der Waals surface area contributed by atoms with E-state index in [9.17, 15) is 9.59 Å². The lowest BCUT2D eigenvalue weighted by Gasteiger charge is -2.08. The van der Waals surface area contributed by atoms with Crippen LogP contribution in [-0.2, 0) is 11.3 Å². The number of nitrogens with zero attached hydrogens (tertiary/aromatic N) is 5. The predicted molar refractivity (Wildman–Crippen MR) is 100 cm³/mol. The number of hydrogen-bond acceptors (Lipinski definition) is 6. The maximum atomic E-state index is 12.4. The molecule has 10 heteroatoms. The van der Waals surface area contributed by atoms with Crippen LogP contribution < -0.4 is 5.32 Å². The minimum absolute atomic E-state index is 0.0168. The van der Waals surface area contributed by atoms with Crippen LogP contribution in [0.5, 0.6) is 0 Å². The standard InChI is InChI=1S/C18H17N7O3/c1-24(2)16(26)10-25-9-14(22-23-25)18(27)19-11-5-6-12-13(8-11)21-17(20-12)15-4-3-7-28-15/h3-9H,10H2,1-2H3,(H,19,27)(H,20,21). The number of amides is 2. The molecule has 1 aromatic carbocycles. The molecule has 0 aliphatic rings. The number of aromatic amines is 1. The fourth-order valence-corrected chi connectivity index (χ4v) is 2.57. The zero-order valence-corrected chi connectivity index (χ0v) is 15.2. The zero-order chi connectivity index (χ0) is 19.7. The number of nitrogens with one attached hydrogen (secondary N) is 2. The van der Waals surface area contributed by atoms with Crippen molar-refractivity contribution in [3.05, 3.63) is 48.5 Å².